The number of nitrogens with zero attached hydrogens (tertiary/aromatic N) is 3. The number of carboxylic acids is 1. The summed E-state index contributed by atoms with van der Waals surface area (Å²) < 4.78 is 1.25. The number of benzene rings is 1. The molecule has 0 bridgehead atoms. The Morgan fingerprint density at radius 2 is 1.92 bits per heavy atom. The molecule has 0 radical (unpaired) electrons. The highest BCUT2D eigenvalue weighted by Gasteiger charge is 2.18. The first-order valence-corrected chi connectivity index (χ1v) is 6.76. The van der Waals surface area contributed by atoms with Gasteiger partial charge in [-0.1, -0.05) is 18.2 Å². The maximum absolute atomic E-state index is 12.3. The lowest BCUT2D eigenvalue weighted by molar-refractivity contribution is -0.131. The van der Waals surface area contributed by atoms with Gasteiger partial charge < -0.3 is 15.8 Å². The number of aromatic amines is 1. The van der Waals surface area contributed by atoms with Crippen molar-refractivity contribution in [2.45, 2.75) is 0 Å². The Balaban J connectivity index is 2.35. The molecule has 24 heavy (non-hydrogen) atoms. The second-order valence-electron chi connectivity index (χ2n) is 4.77. The van der Waals surface area contributed by atoms with E-state index in [0.717, 1.165) is 12.2 Å². The summed E-state index contributed by atoms with van der Waals surface area (Å²) in [5.74, 6) is -2.12. The van der Waals surface area contributed by atoms with Gasteiger partial charge in [-0.2, -0.15) is 0 Å². The summed E-state index contributed by atoms with van der Waals surface area (Å²) in [5, 5.41) is 8.71. The fourth-order valence-electron chi connectivity index (χ4n) is 2.22. The maximum atomic E-state index is 12.3. The van der Waals surface area contributed by atoms with Gasteiger partial charge in [0, 0.05) is 6.08 Å². The number of imidazole rings is 1. The quantitative estimate of drug-likeness (QED) is 0.589. The summed E-state index contributed by atoms with van der Waals surface area (Å²) in [7, 11) is 0. The average molecular weight is 325 g/mol. The molecular formula is C15H11N5O4. The molecule has 9 heteroatoms. The zero-order valence-electron chi connectivity index (χ0n) is 12.1. The monoisotopic (exact) mass is 325 g/mol. The lowest BCUT2D eigenvalue weighted by Gasteiger charge is -2.04. The number of aromatic nitrogens is 4. The van der Waals surface area contributed by atoms with Crippen molar-refractivity contribution in [3.63, 3.8) is 0 Å². The molecule has 0 unspecified atom stereocenters. The van der Waals surface area contributed by atoms with E-state index in [2.05, 4.69) is 15.0 Å². The molecule has 0 aliphatic heterocycles. The van der Waals surface area contributed by atoms with E-state index in [0.29, 0.717) is 5.69 Å². The van der Waals surface area contributed by atoms with Gasteiger partial charge in [0.25, 0.3) is 5.91 Å². The molecule has 3 aromatic rings. The minimum absolute atomic E-state index is 0.0534. The smallest absolute Gasteiger partial charge is 0.332 e. The topological polar surface area (TPSA) is 144 Å². The van der Waals surface area contributed by atoms with Gasteiger partial charge >= 0.3 is 11.7 Å². The van der Waals surface area contributed by atoms with Crippen molar-refractivity contribution in [1.29, 1.82) is 0 Å². The fourth-order valence-corrected chi connectivity index (χ4v) is 2.22. The van der Waals surface area contributed by atoms with E-state index in [-0.39, 0.29) is 22.7 Å². The summed E-state index contributed by atoms with van der Waals surface area (Å²) in [6, 6.07) is 8.64. The number of hydrogen-bond donors (Lipinski definition) is 3. The van der Waals surface area contributed by atoms with Gasteiger partial charge in [-0.25, -0.2) is 24.1 Å². The Bertz CT molecular complexity index is 1030. The van der Waals surface area contributed by atoms with E-state index in [1.807, 2.05) is 0 Å². The SMILES string of the molecule is NC(=O)c1nc(/C=C/C(=O)O)nc2c1[nH]c(=O)n2-c1ccccc1. The molecule has 9 nitrogen and oxygen atoms in total. The van der Waals surface area contributed by atoms with Crippen LogP contribution in [0.25, 0.3) is 22.9 Å². The van der Waals surface area contributed by atoms with Crippen molar-refractivity contribution in [3.05, 3.63) is 58.4 Å². The molecule has 1 amide bonds. The number of rotatable bonds is 4. The number of aliphatic carboxylic acids is 1. The van der Waals surface area contributed by atoms with E-state index in [9.17, 15) is 14.4 Å². The number of fused-ring (bicyclic) bond motifs is 1. The van der Waals surface area contributed by atoms with Crippen molar-refractivity contribution < 1.29 is 14.7 Å². The lowest BCUT2D eigenvalue weighted by Crippen LogP contribution is -2.15. The summed E-state index contributed by atoms with van der Waals surface area (Å²) in [4.78, 5) is 45.1. The molecule has 0 aliphatic carbocycles. The fraction of sp³-hybridized carbons (Fsp3) is 0. The number of para-hydroxylation sites is 1. The van der Waals surface area contributed by atoms with Crippen LogP contribution in [0.3, 0.4) is 0 Å². The van der Waals surface area contributed by atoms with E-state index < -0.39 is 17.6 Å². The van der Waals surface area contributed by atoms with Gasteiger partial charge in [-0.15, -0.1) is 0 Å². The van der Waals surface area contributed by atoms with Crippen LogP contribution in [0.2, 0.25) is 0 Å². The number of amides is 1. The molecule has 0 saturated carbocycles. The third-order valence-corrected chi connectivity index (χ3v) is 3.18. The zero-order valence-corrected chi connectivity index (χ0v) is 12.1. The van der Waals surface area contributed by atoms with Gasteiger partial charge in [0.15, 0.2) is 17.2 Å². The number of carboxylic acid groups (broad SMARTS) is 1. The predicted octanol–water partition coefficient (Wildman–Crippen LogP) is 0.305. The largest absolute Gasteiger partial charge is 0.478 e. The van der Waals surface area contributed by atoms with E-state index in [1.54, 1.807) is 30.3 Å². The highest BCUT2D eigenvalue weighted by molar-refractivity contribution is 6.01. The van der Waals surface area contributed by atoms with Crippen LogP contribution in [0.4, 0.5) is 0 Å². The lowest BCUT2D eigenvalue weighted by atomic mass is 10.3. The Morgan fingerprint density at radius 3 is 2.54 bits per heavy atom. The van der Waals surface area contributed by atoms with Crippen LogP contribution in [-0.4, -0.2) is 36.5 Å². The van der Waals surface area contributed by atoms with Crippen LogP contribution in [0, 0.1) is 0 Å². The number of nitrogens with two attached hydrogens (primary N) is 1. The molecule has 0 saturated heterocycles. The highest BCUT2D eigenvalue weighted by atomic mass is 16.4. The molecule has 120 valence electrons. The molecule has 2 heterocycles. The first kappa shape index (κ1) is 15.2. The van der Waals surface area contributed by atoms with Crippen LogP contribution < -0.4 is 11.4 Å². The van der Waals surface area contributed by atoms with Crippen molar-refractivity contribution >= 4 is 29.1 Å². The summed E-state index contributed by atoms with van der Waals surface area (Å²) in [6.45, 7) is 0. The number of carbonyl (C=O) groups excluding carboxylic acids is 1. The minimum atomic E-state index is -1.20. The van der Waals surface area contributed by atoms with Gasteiger partial charge in [0.1, 0.15) is 5.52 Å². The van der Waals surface area contributed by atoms with Gasteiger partial charge in [0.05, 0.1) is 5.69 Å². The number of H-pyrrole nitrogens is 1. The predicted molar refractivity (Wildman–Crippen MR) is 84.7 cm³/mol. The molecule has 3 rings (SSSR count). The Hall–Kier alpha value is -3.75. The Labute approximate surface area is 134 Å². The Morgan fingerprint density at radius 1 is 1.21 bits per heavy atom. The van der Waals surface area contributed by atoms with Crippen LogP contribution in [-0.2, 0) is 4.79 Å². The first-order valence-electron chi connectivity index (χ1n) is 6.76. The zero-order chi connectivity index (χ0) is 17.3. The molecule has 0 fully saturated rings. The second-order valence-corrected chi connectivity index (χ2v) is 4.77. The molecule has 0 atom stereocenters. The molecular weight excluding hydrogens is 314 g/mol. The average Bonchev–Trinajstić information content (AvgIpc) is 2.88. The van der Waals surface area contributed by atoms with Crippen molar-refractivity contribution in [2.75, 3.05) is 0 Å². The van der Waals surface area contributed by atoms with Crippen LogP contribution in [0.1, 0.15) is 16.3 Å². The Kier molecular flexibility index (Phi) is 3.66. The van der Waals surface area contributed by atoms with Crippen LogP contribution >= 0.6 is 0 Å². The summed E-state index contributed by atoms with van der Waals surface area (Å²) >= 11 is 0. The standard InChI is InChI=1S/C15H11N5O4/c16-13(23)11-12-14(18-9(17-11)6-7-10(21)22)20(15(24)19-12)8-4-2-1-3-5-8/h1-7H,(H2,16,23)(H,19,24)(H,21,22)/b7-6+. The minimum Gasteiger partial charge on any atom is -0.478 e. The van der Waals surface area contributed by atoms with E-state index in [1.165, 1.54) is 4.57 Å². The third kappa shape index (κ3) is 2.65. The van der Waals surface area contributed by atoms with Gasteiger partial charge in [-0.3, -0.25) is 4.79 Å². The number of hydrogen-bond acceptors (Lipinski definition) is 5. The van der Waals surface area contributed by atoms with Crippen LogP contribution in [0.15, 0.2) is 41.2 Å². The third-order valence-electron chi connectivity index (χ3n) is 3.18. The van der Waals surface area contributed by atoms with Crippen molar-refractivity contribution in [1.82, 2.24) is 19.5 Å². The molecule has 0 aliphatic rings. The number of carbonyl (C=O) groups is 2. The number of nitrogens with one attached hydrogen (secondary N) is 1. The van der Waals surface area contributed by atoms with Gasteiger partial charge in [0.2, 0.25) is 0 Å². The molecule has 2 aromatic heterocycles. The highest BCUT2D eigenvalue weighted by Crippen LogP contribution is 2.16. The van der Waals surface area contributed by atoms with Crippen molar-refractivity contribution in [3.8, 4) is 5.69 Å². The second kappa shape index (κ2) is 5.80. The summed E-state index contributed by atoms with van der Waals surface area (Å²) in [6.07, 6.45) is 1.94. The first-order chi connectivity index (χ1) is 11.5. The van der Waals surface area contributed by atoms with Crippen molar-refractivity contribution in [2.24, 2.45) is 5.73 Å². The number of primary amides is 1. The normalized spacial score (nSPS) is 11.2. The van der Waals surface area contributed by atoms with E-state index in [4.69, 9.17) is 10.8 Å². The van der Waals surface area contributed by atoms with Crippen LogP contribution in [0.5, 0.6) is 0 Å². The van der Waals surface area contributed by atoms with Gasteiger partial charge in [-0.05, 0) is 18.2 Å². The molecule has 4 N–H and O–H groups in total. The molecule has 0 spiro atoms. The van der Waals surface area contributed by atoms with E-state index >= 15 is 0 Å². The summed E-state index contributed by atoms with van der Waals surface area (Å²) in [5.41, 5.74) is 5.32. The molecule has 1 aromatic carbocycles. The maximum Gasteiger partial charge on any atom is 0.332 e.